The molecule has 0 spiro atoms. The van der Waals surface area contributed by atoms with Gasteiger partial charge in [0.1, 0.15) is 18.1 Å². The average Bonchev–Trinajstić information content (AvgIpc) is 2.94. The molecule has 4 rings (SSSR count). The van der Waals surface area contributed by atoms with Crippen LogP contribution >= 0.6 is 0 Å². The minimum absolute atomic E-state index is 0.102. The van der Waals surface area contributed by atoms with E-state index in [0.29, 0.717) is 39.0 Å². The Bertz CT molecular complexity index is 1080. The third-order valence-corrected chi connectivity index (χ3v) is 11.0. The molecule has 0 aromatic carbocycles. The number of hydrogen-bond acceptors (Lipinski definition) is 11. The lowest BCUT2D eigenvalue weighted by Crippen LogP contribution is -2.61. The largest absolute Gasteiger partial charge is 0.463 e. The van der Waals surface area contributed by atoms with E-state index in [9.17, 15) is 19.5 Å². The minimum atomic E-state index is -1.46. The Hall–Kier alpha value is -1.67. The summed E-state index contributed by atoms with van der Waals surface area (Å²) in [6, 6.07) is -0.299. The lowest BCUT2D eigenvalue weighted by Gasteiger charge is -2.48. The van der Waals surface area contributed by atoms with Crippen LogP contribution in [0.5, 0.6) is 0 Å². The average molecular weight is 653 g/mol. The molecule has 0 aromatic heterocycles. The van der Waals surface area contributed by atoms with E-state index in [4.69, 9.17) is 18.9 Å². The van der Waals surface area contributed by atoms with E-state index < -0.39 is 41.4 Å². The smallest absolute Gasteiger partial charge is 0.319 e. The van der Waals surface area contributed by atoms with Gasteiger partial charge in [-0.3, -0.25) is 24.2 Å². The maximum absolute atomic E-state index is 14.2. The number of ether oxygens (including phenoxy) is 4. The highest BCUT2D eigenvalue weighted by Gasteiger charge is 2.52. The van der Waals surface area contributed by atoms with Crippen molar-refractivity contribution in [2.24, 2.45) is 23.2 Å². The van der Waals surface area contributed by atoms with Crippen molar-refractivity contribution in [1.29, 1.82) is 0 Å². The number of nitrogens with zero attached hydrogens (tertiary/aromatic N) is 4. The molecule has 12 nitrogen and oxygen atoms in total. The van der Waals surface area contributed by atoms with Gasteiger partial charge in [-0.05, 0) is 87.1 Å². The summed E-state index contributed by atoms with van der Waals surface area (Å²) in [5, 5.41) is 11.3. The van der Waals surface area contributed by atoms with E-state index in [1.165, 1.54) is 0 Å². The first-order valence-electron chi connectivity index (χ1n) is 17.1. The third-order valence-electron chi connectivity index (χ3n) is 11.0. The van der Waals surface area contributed by atoms with Crippen LogP contribution in [-0.4, -0.2) is 159 Å². The van der Waals surface area contributed by atoms with E-state index in [0.717, 1.165) is 19.5 Å². The lowest BCUT2D eigenvalue weighted by molar-refractivity contribution is -0.295. The number of methoxy groups -OCH3 is 1. The molecule has 0 aliphatic carbocycles. The van der Waals surface area contributed by atoms with Crippen LogP contribution in [0.3, 0.4) is 0 Å². The number of Topliss-reactive ketones (excluding diaryl/α,β-unsaturated/α-hetero) is 1. The van der Waals surface area contributed by atoms with Crippen molar-refractivity contribution in [3.63, 3.8) is 0 Å². The van der Waals surface area contributed by atoms with Crippen LogP contribution in [0.15, 0.2) is 0 Å². The molecule has 12 heteroatoms. The van der Waals surface area contributed by atoms with Gasteiger partial charge in [0.05, 0.1) is 24.4 Å². The van der Waals surface area contributed by atoms with E-state index in [1.807, 2.05) is 44.8 Å². The number of hydrogen-bond donors (Lipinski definition) is 1. The van der Waals surface area contributed by atoms with Gasteiger partial charge in [0.25, 0.3) is 0 Å². The first-order valence-corrected chi connectivity index (χ1v) is 17.1. The molecule has 0 aromatic rings. The van der Waals surface area contributed by atoms with Crippen molar-refractivity contribution in [2.75, 3.05) is 74.1 Å². The van der Waals surface area contributed by atoms with E-state index in [1.54, 1.807) is 27.9 Å². The third kappa shape index (κ3) is 7.96. The lowest BCUT2D eigenvalue weighted by atomic mass is 9.74. The van der Waals surface area contributed by atoms with Gasteiger partial charge in [-0.2, -0.15) is 0 Å². The molecule has 4 aliphatic rings. The van der Waals surface area contributed by atoms with Gasteiger partial charge < -0.3 is 33.9 Å². The number of likely N-dealkylation sites (tertiary alicyclic amines) is 2. The van der Waals surface area contributed by atoms with Crippen molar-refractivity contribution in [3.05, 3.63) is 0 Å². The molecule has 4 saturated heterocycles. The molecule has 4 aliphatic heterocycles. The van der Waals surface area contributed by atoms with Gasteiger partial charge in [0.2, 0.25) is 5.91 Å². The Morgan fingerprint density at radius 1 is 1.09 bits per heavy atom. The van der Waals surface area contributed by atoms with Gasteiger partial charge in [-0.15, -0.1) is 0 Å². The first-order chi connectivity index (χ1) is 21.5. The second kappa shape index (κ2) is 14.8. The zero-order chi connectivity index (χ0) is 34.1. The normalized spacial score (nSPS) is 39.1. The molecule has 1 unspecified atom stereocenters. The molecule has 0 saturated carbocycles. The minimum Gasteiger partial charge on any atom is -0.463 e. The molecule has 0 bridgehead atoms. The Labute approximate surface area is 276 Å². The molecule has 1 amide bonds. The molecule has 4 heterocycles. The molecule has 0 radical (unpaired) electrons. The number of esters is 1. The van der Waals surface area contributed by atoms with Crippen molar-refractivity contribution in [3.8, 4) is 0 Å². The summed E-state index contributed by atoms with van der Waals surface area (Å²) in [6.07, 6.45) is -0.578. The van der Waals surface area contributed by atoms with Gasteiger partial charge in [-0.1, -0.05) is 13.8 Å². The van der Waals surface area contributed by atoms with Gasteiger partial charge in [-0.25, -0.2) is 0 Å². The van der Waals surface area contributed by atoms with Crippen molar-refractivity contribution >= 4 is 17.7 Å². The molecule has 4 fully saturated rings. The summed E-state index contributed by atoms with van der Waals surface area (Å²) >= 11 is 0. The van der Waals surface area contributed by atoms with Crippen molar-refractivity contribution < 1.29 is 38.4 Å². The number of aliphatic hydroxyl groups is 1. The highest BCUT2D eigenvalue weighted by Crippen LogP contribution is 2.38. The van der Waals surface area contributed by atoms with E-state index in [2.05, 4.69) is 16.7 Å². The monoisotopic (exact) mass is 652 g/mol. The Morgan fingerprint density at radius 2 is 1.74 bits per heavy atom. The number of likely N-dealkylation sites (N-methyl/N-ethyl adjacent to an activating group) is 2. The molecule has 9 atom stereocenters. The fraction of sp³-hybridized carbons (Fsp3) is 0.912. The summed E-state index contributed by atoms with van der Waals surface area (Å²) in [4.78, 5) is 48.9. The number of rotatable bonds is 7. The highest BCUT2D eigenvalue weighted by atomic mass is 16.7. The van der Waals surface area contributed by atoms with Crippen LogP contribution in [0.25, 0.3) is 0 Å². The second-order valence-electron chi connectivity index (χ2n) is 15.5. The SMILES string of the molecule is CO[C@]1(C)C[C@@H](C)CN(C)C(C2CN(C(=O)CN3CCC3)C2)COC(=O)C(C)(C)C(=O)[C@H](C)[C@H]1O[C@H]1O[C@H](C)C[C@H](N(C)C)[C@H]1O. The van der Waals surface area contributed by atoms with Crippen LogP contribution in [0.2, 0.25) is 0 Å². The van der Waals surface area contributed by atoms with E-state index >= 15 is 0 Å². The second-order valence-corrected chi connectivity index (χ2v) is 15.5. The topological polar surface area (TPSA) is 121 Å². The molecule has 46 heavy (non-hydrogen) atoms. The van der Waals surface area contributed by atoms with Crippen molar-refractivity contribution in [2.45, 2.75) is 103 Å². The maximum Gasteiger partial charge on any atom is 0.319 e. The maximum atomic E-state index is 14.2. The summed E-state index contributed by atoms with van der Waals surface area (Å²) in [5.41, 5.74) is -2.41. The van der Waals surface area contributed by atoms with Crippen LogP contribution in [0.1, 0.15) is 60.8 Å². The fourth-order valence-corrected chi connectivity index (χ4v) is 7.85. The number of ketones is 1. The molecule has 1 N–H and O–H groups in total. The number of cyclic esters (lactones) is 1. The van der Waals surface area contributed by atoms with Gasteiger partial charge >= 0.3 is 5.97 Å². The standard InChI is InChI=1S/C34H60N4O8/c1-21-15-34(6,43-10)30(46-31-28(40)25(35(7)8)14-22(2)45-31)23(3)29(41)33(4,5)32(42)44-20-26(36(9)16-21)24-17-38(18-24)27(39)19-37-12-11-13-37/h21-26,28,30-31,40H,11-20H2,1-10H3/t21-,22-,23+,25+,26?,28-,30-,31-,34-/m1/s1. The number of carbonyl (C=O) groups excluding carboxylic acids is 3. The first kappa shape index (κ1) is 37.2. The zero-order valence-corrected chi connectivity index (χ0v) is 29.9. The van der Waals surface area contributed by atoms with Crippen molar-refractivity contribution in [1.82, 2.24) is 19.6 Å². The van der Waals surface area contributed by atoms with Crippen LogP contribution in [0, 0.1) is 23.2 Å². The Balaban J connectivity index is 1.58. The predicted molar refractivity (Wildman–Crippen MR) is 173 cm³/mol. The molecule has 264 valence electrons. The van der Waals surface area contributed by atoms with Crippen LogP contribution < -0.4 is 0 Å². The van der Waals surface area contributed by atoms with Gasteiger partial charge in [0.15, 0.2) is 12.1 Å². The predicted octanol–water partition coefficient (Wildman–Crippen LogP) is 1.48. The summed E-state index contributed by atoms with van der Waals surface area (Å²) in [7, 11) is 7.48. The zero-order valence-electron chi connectivity index (χ0n) is 29.9. The highest BCUT2D eigenvalue weighted by molar-refractivity contribution is 6.04. The van der Waals surface area contributed by atoms with E-state index in [-0.39, 0.29) is 48.3 Å². The fourth-order valence-electron chi connectivity index (χ4n) is 7.85. The Morgan fingerprint density at radius 3 is 2.30 bits per heavy atom. The summed E-state index contributed by atoms with van der Waals surface area (Å²) in [5.74, 6) is -1.29. The molecular weight excluding hydrogens is 592 g/mol. The van der Waals surface area contributed by atoms with Gasteiger partial charge in [0, 0.05) is 50.7 Å². The number of amides is 1. The van der Waals surface area contributed by atoms with Crippen LogP contribution in [0.4, 0.5) is 0 Å². The quantitative estimate of drug-likeness (QED) is 0.318. The number of carbonyl (C=O) groups is 3. The Kier molecular flexibility index (Phi) is 12.0. The molecular formula is C34H60N4O8. The van der Waals surface area contributed by atoms with Crippen LogP contribution in [-0.2, 0) is 33.3 Å². The number of aliphatic hydroxyl groups excluding tert-OH is 1. The summed E-state index contributed by atoms with van der Waals surface area (Å²) in [6.45, 7) is 15.5. The summed E-state index contributed by atoms with van der Waals surface area (Å²) < 4.78 is 24.9.